The Morgan fingerprint density at radius 3 is 2.30 bits per heavy atom. The zero-order valence-corrected chi connectivity index (χ0v) is 15.1. The van der Waals surface area contributed by atoms with Crippen LogP contribution in [0.25, 0.3) is 10.9 Å². The van der Waals surface area contributed by atoms with E-state index in [1.54, 1.807) is 23.2 Å². The van der Waals surface area contributed by atoms with Crippen molar-refractivity contribution in [2.45, 2.75) is 0 Å². The molecule has 6 heteroatoms. The third-order valence-corrected chi connectivity index (χ3v) is 5.09. The molecule has 1 aliphatic heterocycles. The van der Waals surface area contributed by atoms with Crippen molar-refractivity contribution in [1.82, 2.24) is 9.47 Å². The highest BCUT2D eigenvalue weighted by molar-refractivity contribution is 6.44. The summed E-state index contributed by atoms with van der Waals surface area (Å²) in [5, 5.41) is 0.795. The summed E-state index contributed by atoms with van der Waals surface area (Å²) in [6.45, 7) is 2.15. The van der Waals surface area contributed by atoms with Gasteiger partial charge in [0.05, 0.1) is 5.56 Å². The van der Waals surface area contributed by atoms with Gasteiger partial charge in [0.2, 0.25) is 0 Å². The highest BCUT2D eigenvalue weighted by Crippen LogP contribution is 2.22. The Kier molecular flexibility index (Phi) is 4.39. The number of hydrogen-bond acceptors (Lipinski definition) is 3. The largest absolute Gasteiger partial charge is 0.368 e. The Balaban J connectivity index is 1.47. The van der Waals surface area contributed by atoms with Crippen molar-refractivity contribution in [3.05, 3.63) is 66.1 Å². The first kappa shape index (κ1) is 17.3. The Morgan fingerprint density at radius 1 is 0.926 bits per heavy atom. The van der Waals surface area contributed by atoms with Crippen molar-refractivity contribution in [3.63, 3.8) is 0 Å². The Morgan fingerprint density at radius 2 is 1.59 bits per heavy atom. The van der Waals surface area contributed by atoms with Gasteiger partial charge in [-0.1, -0.05) is 18.2 Å². The van der Waals surface area contributed by atoms with Crippen molar-refractivity contribution >= 4 is 28.3 Å². The molecule has 0 bridgehead atoms. The maximum atomic E-state index is 13.1. The number of hydrogen-bond donors (Lipinski definition) is 0. The van der Waals surface area contributed by atoms with Crippen LogP contribution in [-0.4, -0.2) is 47.3 Å². The number of nitrogens with zero attached hydrogens (tertiary/aromatic N) is 3. The number of aromatic nitrogens is 1. The fraction of sp³-hybridized carbons (Fsp3) is 0.238. The first-order chi connectivity index (χ1) is 13.0. The number of rotatable bonds is 3. The third kappa shape index (κ3) is 3.18. The van der Waals surface area contributed by atoms with E-state index in [9.17, 15) is 14.0 Å². The number of Topliss-reactive ketones (excluding diaryl/α,β-unsaturated/α-hetero) is 1. The number of fused-ring (bicyclic) bond motifs is 1. The second-order valence-corrected chi connectivity index (χ2v) is 6.76. The zero-order chi connectivity index (χ0) is 19.0. The quantitative estimate of drug-likeness (QED) is 0.530. The van der Waals surface area contributed by atoms with Crippen LogP contribution in [0.3, 0.4) is 0 Å². The maximum absolute atomic E-state index is 13.1. The molecule has 2 aromatic carbocycles. The van der Waals surface area contributed by atoms with Gasteiger partial charge in [0, 0.05) is 56.0 Å². The van der Waals surface area contributed by atoms with Crippen LogP contribution < -0.4 is 4.90 Å². The van der Waals surface area contributed by atoms with Crippen LogP contribution in [0.1, 0.15) is 10.4 Å². The van der Waals surface area contributed by atoms with Crippen LogP contribution in [-0.2, 0) is 11.8 Å². The van der Waals surface area contributed by atoms with E-state index in [4.69, 9.17) is 0 Å². The summed E-state index contributed by atoms with van der Waals surface area (Å²) in [6, 6.07) is 13.9. The van der Waals surface area contributed by atoms with Crippen LogP contribution in [0.5, 0.6) is 0 Å². The van der Waals surface area contributed by atoms with Gasteiger partial charge in [0.15, 0.2) is 0 Å². The molecule has 5 nitrogen and oxygen atoms in total. The standard InChI is InChI=1S/C21H20FN3O2/c1-23-14-18(17-4-2-3-5-19(17)23)20(26)21(27)25-12-10-24(11-13-25)16-8-6-15(22)7-9-16/h2-9,14H,10-13H2,1H3. The fourth-order valence-corrected chi connectivity index (χ4v) is 3.60. The number of ketones is 1. The molecular formula is C21H20FN3O2. The molecule has 0 N–H and O–H groups in total. The van der Waals surface area contributed by atoms with Crippen molar-refractivity contribution < 1.29 is 14.0 Å². The Hall–Kier alpha value is -3.15. The van der Waals surface area contributed by atoms with Crippen LogP contribution >= 0.6 is 0 Å². The second kappa shape index (κ2) is 6.87. The van der Waals surface area contributed by atoms with Gasteiger partial charge >= 0.3 is 0 Å². The third-order valence-electron chi connectivity index (χ3n) is 5.09. The number of halogens is 1. The molecule has 138 valence electrons. The molecule has 27 heavy (non-hydrogen) atoms. The van der Waals surface area contributed by atoms with Crippen LogP contribution in [0, 0.1) is 5.82 Å². The van der Waals surface area contributed by atoms with Crippen molar-refractivity contribution in [2.75, 3.05) is 31.1 Å². The van der Waals surface area contributed by atoms with Crippen molar-refractivity contribution in [3.8, 4) is 0 Å². The molecule has 1 amide bonds. The van der Waals surface area contributed by atoms with E-state index in [1.807, 2.05) is 35.9 Å². The average molecular weight is 365 g/mol. The number of piperazine rings is 1. The zero-order valence-electron chi connectivity index (χ0n) is 15.1. The summed E-state index contributed by atoms with van der Waals surface area (Å²) in [6.07, 6.45) is 1.72. The molecule has 1 saturated heterocycles. The number of carbonyl (C=O) groups excluding carboxylic acids is 2. The molecule has 0 aliphatic carbocycles. The minimum Gasteiger partial charge on any atom is -0.368 e. The van der Waals surface area contributed by atoms with Gasteiger partial charge in [-0.25, -0.2) is 4.39 Å². The predicted molar refractivity (Wildman–Crippen MR) is 102 cm³/mol. The average Bonchev–Trinajstić information content (AvgIpc) is 3.05. The lowest BCUT2D eigenvalue weighted by atomic mass is 10.1. The van der Waals surface area contributed by atoms with Gasteiger partial charge in [-0.15, -0.1) is 0 Å². The maximum Gasteiger partial charge on any atom is 0.295 e. The van der Waals surface area contributed by atoms with E-state index in [1.165, 1.54) is 12.1 Å². The van der Waals surface area contributed by atoms with Gasteiger partial charge in [-0.3, -0.25) is 9.59 Å². The summed E-state index contributed by atoms with van der Waals surface area (Å²) in [4.78, 5) is 29.2. The molecule has 0 radical (unpaired) electrons. The number of amides is 1. The van der Waals surface area contributed by atoms with Gasteiger partial charge in [-0.2, -0.15) is 0 Å². The lowest BCUT2D eigenvalue weighted by Gasteiger charge is -2.35. The van der Waals surface area contributed by atoms with E-state index >= 15 is 0 Å². The molecule has 1 aliphatic rings. The molecule has 0 spiro atoms. The summed E-state index contributed by atoms with van der Waals surface area (Å²) in [7, 11) is 1.87. The number of para-hydroxylation sites is 1. The molecule has 2 heterocycles. The molecule has 4 rings (SSSR count). The number of aryl methyl sites for hydroxylation is 1. The van der Waals surface area contributed by atoms with Gasteiger partial charge in [-0.05, 0) is 30.3 Å². The predicted octanol–water partition coefficient (Wildman–Crippen LogP) is 2.85. The number of anilines is 1. The molecule has 0 saturated carbocycles. The summed E-state index contributed by atoms with van der Waals surface area (Å²) < 4.78 is 14.9. The minimum absolute atomic E-state index is 0.270. The van der Waals surface area contributed by atoms with Crippen LogP contribution in [0.4, 0.5) is 10.1 Å². The smallest absolute Gasteiger partial charge is 0.295 e. The highest BCUT2D eigenvalue weighted by Gasteiger charge is 2.28. The van der Waals surface area contributed by atoms with Crippen molar-refractivity contribution in [2.24, 2.45) is 7.05 Å². The van der Waals surface area contributed by atoms with E-state index in [0.29, 0.717) is 31.7 Å². The molecule has 0 atom stereocenters. The molecule has 3 aromatic rings. The first-order valence-electron chi connectivity index (χ1n) is 8.93. The highest BCUT2D eigenvalue weighted by atomic mass is 19.1. The lowest BCUT2D eigenvalue weighted by Crippen LogP contribution is -2.50. The Labute approximate surface area is 156 Å². The topological polar surface area (TPSA) is 45.6 Å². The summed E-state index contributed by atoms with van der Waals surface area (Å²) in [5.74, 6) is -1.21. The van der Waals surface area contributed by atoms with Gasteiger partial charge in [0.25, 0.3) is 11.7 Å². The van der Waals surface area contributed by atoms with E-state index in [0.717, 1.165) is 16.6 Å². The van der Waals surface area contributed by atoms with Crippen LogP contribution in [0.2, 0.25) is 0 Å². The fourth-order valence-electron chi connectivity index (χ4n) is 3.60. The molecular weight excluding hydrogens is 345 g/mol. The summed E-state index contributed by atoms with van der Waals surface area (Å²) >= 11 is 0. The monoisotopic (exact) mass is 365 g/mol. The van der Waals surface area contributed by atoms with E-state index < -0.39 is 11.7 Å². The van der Waals surface area contributed by atoms with Gasteiger partial charge in [0.1, 0.15) is 5.82 Å². The number of carbonyl (C=O) groups is 2. The van der Waals surface area contributed by atoms with Crippen LogP contribution in [0.15, 0.2) is 54.7 Å². The normalized spacial score (nSPS) is 14.6. The minimum atomic E-state index is -0.470. The molecule has 1 fully saturated rings. The second-order valence-electron chi connectivity index (χ2n) is 6.76. The first-order valence-corrected chi connectivity index (χ1v) is 8.93. The van der Waals surface area contributed by atoms with E-state index in [2.05, 4.69) is 4.90 Å². The lowest BCUT2D eigenvalue weighted by molar-refractivity contribution is -0.126. The van der Waals surface area contributed by atoms with Crippen molar-refractivity contribution in [1.29, 1.82) is 0 Å². The number of benzene rings is 2. The van der Waals surface area contributed by atoms with Gasteiger partial charge < -0.3 is 14.4 Å². The SMILES string of the molecule is Cn1cc(C(=O)C(=O)N2CCN(c3ccc(F)cc3)CC2)c2ccccc21. The van der Waals surface area contributed by atoms with E-state index in [-0.39, 0.29) is 5.82 Å². The molecule has 0 unspecified atom stereocenters. The Bertz CT molecular complexity index is 1000. The summed E-state index contributed by atoms with van der Waals surface area (Å²) in [5.41, 5.74) is 2.29. The molecule has 1 aromatic heterocycles.